The maximum Gasteiger partial charge on any atom is 0.310 e. The van der Waals surface area contributed by atoms with E-state index in [-0.39, 0.29) is 19.6 Å². The minimum absolute atomic E-state index is 0.0483. The van der Waals surface area contributed by atoms with Crippen LogP contribution in [0.1, 0.15) is 43.5 Å². The van der Waals surface area contributed by atoms with Gasteiger partial charge in [0.15, 0.2) is 0 Å². The van der Waals surface area contributed by atoms with E-state index in [9.17, 15) is 9.18 Å². The van der Waals surface area contributed by atoms with Crippen molar-refractivity contribution in [2.24, 2.45) is 5.73 Å². The topological polar surface area (TPSA) is 66.5 Å². The number of rotatable bonds is 9. The molecule has 182 valence electrons. The Morgan fingerprint density at radius 1 is 1.06 bits per heavy atom. The lowest BCUT2D eigenvalue weighted by molar-refractivity contribution is -0.142. The summed E-state index contributed by atoms with van der Waals surface area (Å²) in [5.74, 6) is -0.374. The van der Waals surface area contributed by atoms with E-state index in [1.54, 1.807) is 13.0 Å². The fourth-order valence-corrected chi connectivity index (χ4v) is 4.31. The summed E-state index contributed by atoms with van der Waals surface area (Å²) >= 11 is 0. The summed E-state index contributed by atoms with van der Waals surface area (Å²) in [7, 11) is 0. The van der Waals surface area contributed by atoms with Crippen molar-refractivity contribution in [3.63, 3.8) is 0 Å². The number of carbonyl (C=O) groups excluding carboxylic acids is 1. The summed E-state index contributed by atoms with van der Waals surface area (Å²) < 4.78 is 27.3. The minimum atomic E-state index is -0.421. The van der Waals surface area contributed by atoms with Crippen LogP contribution in [0.4, 0.5) is 4.39 Å². The van der Waals surface area contributed by atoms with Gasteiger partial charge in [0.25, 0.3) is 0 Å². The van der Waals surface area contributed by atoms with Crippen LogP contribution in [-0.2, 0) is 29.1 Å². The van der Waals surface area contributed by atoms with Gasteiger partial charge in [-0.3, -0.25) is 4.79 Å². The molecule has 0 amide bonds. The molecule has 5 nitrogen and oxygen atoms in total. The maximum absolute atomic E-state index is 13.9. The summed E-state index contributed by atoms with van der Waals surface area (Å²) in [4.78, 5) is 12.0. The van der Waals surface area contributed by atoms with E-state index in [0.29, 0.717) is 23.9 Å². The lowest BCUT2D eigenvalue weighted by Crippen LogP contribution is -2.09. The number of hydrogen-bond donors (Lipinski definition) is 1. The number of nitrogens with zero attached hydrogens (tertiary/aromatic N) is 1. The number of ether oxygens (including phenoxy) is 2. The summed E-state index contributed by atoms with van der Waals surface area (Å²) in [6, 6.07) is 19.1. The van der Waals surface area contributed by atoms with Crippen molar-refractivity contribution in [3.8, 4) is 16.9 Å². The van der Waals surface area contributed by atoms with Gasteiger partial charge < -0.3 is 19.8 Å². The molecule has 4 rings (SSSR count). The van der Waals surface area contributed by atoms with Crippen molar-refractivity contribution in [2.45, 2.75) is 46.4 Å². The molecule has 0 saturated heterocycles. The Kier molecular flexibility index (Phi) is 7.51. The van der Waals surface area contributed by atoms with E-state index in [1.807, 2.05) is 12.1 Å². The Balaban J connectivity index is 1.71. The molecule has 1 aromatic heterocycles. The molecule has 0 saturated carbocycles. The van der Waals surface area contributed by atoms with Gasteiger partial charge in [0.2, 0.25) is 0 Å². The summed E-state index contributed by atoms with van der Waals surface area (Å²) in [6.07, 6.45) is 2.06. The first-order valence-corrected chi connectivity index (χ1v) is 11.9. The predicted octanol–water partition coefficient (Wildman–Crippen LogP) is 6.17. The van der Waals surface area contributed by atoms with Crippen LogP contribution in [-0.4, -0.2) is 17.1 Å². The zero-order valence-corrected chi connectivity index (χ0v) is 20.4. The van der Waals surface area contributed by atoms with Gasteiger partial charge in [-0.1, -0.05) is 18.2 Å². The second-order valence-electron chi connectivity index (χ2n) is 8.82. The van der Waals surface area contributed by atoms with Crippen LogP contribution in [0.5, 0.6) is 5.75 Å². The number of hydrogen-bond acceptors (Lipinski definition) is 4. The van der Waals surface area contributed by atoms with Crippen molar-refractivity contribution >= 4 is 16.9 Å². The zero-order valence-electron chi connectivity index (χ0n) is 20.4. The van der Waals surface area contributed by atoms with E-state index in [1.165, 1.54) is 12.1 Å². The molecule has 0 spiro atoms. The first kappa shape index (κ1) is 24.5. The van der Waals surface area contributed by atoms with Crippen molar-refractivity contribution in [3.05, 3.63) is 89.4 Å². The van der Waals surface area contributed by atoms with Gasteiger partial charge >= 0.3 is 5.97 Å². The zero-order chi connectivity index (χ0) is 24.9. The van der Waals surface area contributed by atoms with Crippen LogP contribution in [0.15, 0.2) is 66.9 Å². The van der Waals surface area contributed by atoms with Crippen LogP contribution in [0.25, 0.3) is 22.0 Å². The highest BCUT2D eigenvalue weighted by atomic mass is 19.1. The van der Waals surface area contributed by atoms with E-state index >= 15 is 0 Å². The third-order valence-corrected chi connectivity index (χ3v) is 5.98. The molecule has 0 aliphatic heterocycles. The highest BCUT2D eigenvalue weighted by Gasteiger charge is 2.15. The molecule has 2 N–H and O–H groups in total. The first-order valence-electron chi connectivity index (χ1n) is 11.9. The number of aromatic nitrogens is 1. The van der Waals surface area contributed by atoms with Gasteiger partial charge in [0.05, 0.1) is 13.0 Å². The van der Waals surface area contributed by atoms with Crippen LogP contribution in [0.2, 0.25) is 0 Å². The number of carbonyl (C=O) groups is 1. The molecule has 0 radical (unpaired) electrons. The van der Waals surface area contributed by atoms with E-state index in [2.05, 4.69) is 54.9 Å². The summed E-state index contributed by atoms with van der Waals surface area (Å²) in [5.41, 5.74) is 11.7. The number of nitrogens with two attached hydrogens (primary N) is 1. The third-order valence-electron chi connectivity index (χ3n) is 5.98. The van der Waals surface area contributed by atoms with Crippen molar-refractivity contribution in [2.75, 3.05) is 6.61 Å². The Hall–Kier alpha value is -3.64. The van der Waals surface area contributed by atoms with Gasteiger partial charge in [-0.25, -0.2) is 4.39 Å². The van der Waals surface area contributed by atoms with Gasteiger partial charge in [0.1, 0.15) is 18.2 Å². The van der Waals surface area contributed by atoms with Gasteiger partial charge in [-0.15, -0.1) is 0 Å². The summed E-state index contributed by atoms with van der Waals surface area (Å²) in [5, 5.41) is 1.15. The normalized spacial score (nSPS) is 11.3. The molecule has 0 unspecified atom stereocenters. The third kappa shape index (κ3) is 5.54. The van der Waals surface area contributed by atoms with Gasteiger partial charge in [-0.05, 0) is 85.5 Å². The largest absolute Gasteiger partial charge is 0.489 e. The minimum Gasteiger partial charge on any atom is -0.489 e. The van der Waals surface area contributed by atoms with Crippen molar-refractivity contribution < 1.29 is 18.7 Å². The quantitative estimate of drug-likeness (QED) is 0.295. The smallest absolute Gasteiger partial charge is 0.310 e. The van der Waals surface area contributed by atoms with E-state index in [4.69, 9.17) is 15.2 Å². The second-order valence-corrected chi connectivity index (χ2v) is 8.82. The molecule has 1 heterocycles. The molecule has 0 aliphatic carbocycles. The van der Waals surface area contributed by atoms with Crippen LogP contribution in [0.3, 0.4) is 0 Å². The van der Waals surface area contributed by atoms with Crippen LogP contribution in [0, 0.1) is 5.82 Å². The molecule has 0 atom stereocenters. The lowest BCUT2D eigenvalue weighted by atomic mass is 9.97. The first-order chi connectivity index (χ1) is 16.9. The van der Waals surface area contributed by atoms with Crippen LogP contribution >= 0.6 is 0 Å². The molecule has 0 fully saturated rings. The fraction of sp³-hybridized carbons (Fsp3) is 0.276. The second kappa shape index (κ2) is 10.7. The fourth-order valence-electron chi connectivity index (χ4n) is 4.31. The molecule has 0 bridgehead atoms. The van der Waals surface area contributed by atoms with Crippen molar-refractivity contribution in [1.82, 2.24) is 4.57 Å². The van der Waals surface area contributed by atoms with Crippen molar-refractivity contribution in [1.29, 1.82) is 0 Å². The molecule has 3 aromatic carbocycles. The Labute approximate surface area is 205 Å². The number of halogens is 1. The number of fused-ring (bicyclic) bond motifs is 1. The Morgan fingerprint density at radius 3 is 2.63 bits per heavy atom. The Bertz CT molecular complexity index is 1340. The average molecular weight is 475 g/mol. The lowest BCUT2D eigenvalue weighted by Gasteiger charge is -2.15. The predicted molar refractivity (Wildman–Crippen MR) is 137 cm³/mol. The summed E-state index contributed by atoms with van der Waals surface area (Å²) in [6.45, 7) is 7.05. The SMILES string of the molecule is CCOC(=O)Cc1cc(F)ccc1OCc1cc(-c2cccc(CN)c2)c2ccn(C(C)C)c2c1. The standard InChI is InChI=1S/C29H31FN2O3/c1-4-34-29(33)16-23-15-24(30)8-9-28(23)35-18-21-13-26(22-7-5-6-20(12-22)17-31)25-10-11-32(19(2)3)27(25)14-21/h5-15,19H,4,16-18,31H2,1-3H3. The van der Waals surface area contributed by atoms with E-state index in [0.717, 1.165) is 33.2 Å². The monoisotopic (exact) mass is 474 g/mol. The molecular formula is C29H31FN2O3. The molecule has 4 aromatic rings. The Morgan fingerprint density at radius 2 is 1.89 bits per heavy atom. The highest BCUT2D eigenvalue weighted by molar-refractivity contribution is 5.96. The van der Waals surface area contributed by atoms with E-state index < -0.39 is 11.8 Å². The molecule has 6 heteroatoms. The number of benzene rings is 3. The van der Waals surface area contributed by atoms with Crippen LogP contribution < -0.4 is 10.5 Å². The highest BCUT2D eigenvalue weighted by Crippen LogP contribution is 2.33. The molecule has 35 heavy (non-hydrogen) atoms. The molecular weight excluding hydrogens is 443 g/mol. The van der Waals surface area contributed by atoms with Gasteiger partial charge in [-0.2, -0.15) is 0 Å². The van der Waals surface area contributed by atoms with Gasteiger partial charge in [0, 0.05) is 35.2 Å². The maximum atomic E-state index is 13.9. The number of esters is 1. The molecule has 0 aliphatic rings. The average Bonchev–Trinajstić information content (AvgIpc) is 3.27.